The number of carboxylic acids is 1. The van der Waals surface area contributed by atoms with Crippen molar-refractivity contribution >= 4 is 33.8 Å². The predicted molar refractivity (Wildman–Crippen MR) is 139 cm³/mol. The van der Waals surface area contributed by atoms with Gasteiger partial charge in [-0.05, 0) is 35.2 Å². The summed E-state index contributed by atoms with van der Waals surface area (Å²) in [5.41, 5.74) is 0.656. The van der Waals surface area contributed by atoms with E-state index in [-0.39, 0.29) is 16.7 Å². The summed E-state index contributed by atoms with van der Waals surface area (Å²) in [6.45, 7) is 5.94. The number of nitrogens with one attached hydrogen (secondary N) is 2. The number of carbonyl (C=O) groups is 1. The van der Waals surface area contributed by atoms with E-state index >= 15 is 0 Å². The van der Waals surface area contributed by atoms with Crippen LogP contribution in [-0.4, -0.2) is 42.4 Å². The van der Waals surface area contributed by atoms with Crippen molar-refractivity contribution in [1.82, 2.24) is 9.55 Å². The number of anilines is 1. The summed E-state index contributed by atoms with van der Waals surface area (Å²) in [4.78, 5) is 38.1. The van der Waals surface area contributed by atoms with Crippen molar-refractivity contribution in [3.05, 3.63) is 85.7 Å². The Hall–Kier alpha value is -4.12. The smallest absolute Gasteiger partial charge is 0.336 e. The topological polar surface area (TPSA) is 148 Å². The van der Waals surface area contributed by atoms with Crippen molar-refractivity contribution in [3.8, 4) is 11.4 Å². The Morgan fingerprint density at radius 3 is 2.31 bits per heavy atom. The molecule has 0 amide bonds. The summed E-state index contributed by atoms with van der Waals surface area (Å²) in [5.74, 6) is -0.699. The molecule has 3 rings (SSSR count). The van der Waals surface area contributed by atoms with Gasteiger partial charge in [0, 0.05) is 29.1 Å². The average Bonchev–Trinajstić information content (AvgIpc) is 2.75. The number of carboxylic acid groups (broad SMARTS) is 1. The van der Waals surface area contributed by atoms with E-state index in [4.69, 9.17) is 4.74 Å². The SMILES string of the molecule is COc1c(/C=C/c2ccc(NS(C)(=O)=O)cc2C(=O)O)cc(-n2ccc(=O)[nH]c2=O)cc1C(C)(C)C. The molecule has 0 atom stereocenters. The van der Waals surface area contributed by atoms with Crippen molar-refractivity contribution in [2.45, 2.75) is 26.2 Å². The van der Waals surface area contributed by atoms with Crippen LogP contribution in [-0.2, 0) is 15.4 Å². The molecule has 190 valence electrons. The Balaban J connectivity index is 2.20. The quantitative estimate of drug-likeness (QED) is 0.411. The third-order valence-corrected chi connectivity index (χ3v) is 5.85. The average molecular weight is 514 g/mol. The number of rotatable bonds is 7. The maximum Gasteiger partial charge on any atom is 0.336 e. The molecule has 36 heavy (non-hydrogen) atoms. The molecule has 11 heteroatoms. The summed E-state index contributed by atoms with van der Waals surface area (Å²) >= 11 is 0. The third-order valence-electron chi connectivity index (χ3n) is 5.25. The summed E-state index contributed by atoms with van der Waals surface area (Å²) in [7, 11) is -2.06. The maximum atomic E-state index is 12.4. The number of hydrogen-bond donors (Lipinski definition) is 3. The van der Waals surface area contributed by atoms with E-state index in [1.54, 1.807) is 24.3 Å². The van der Waals surface area contributed by atoms with Crippen molar-refractivity contribution in [3.63, 3.8) is 0 Å². The molecule has 0 aliphatic carbocycles. The zero-order valence-corrected chi connectivity index (χ0v) is 21.3. The Kier molecular flexibility index (Phi) is 7.25. The van der Waals surface area contributed by atoms with Gasteiger partial charge in [0.2, 0.25) is 10.0 Å². The highest BCUT2D eigenvalue weighted by molar-refractivity contribution is 7.92. The molecule has 0 radical (unpaired) electrons. The Morgan fingerprint density at radius 1 is 1.08 bits per heavy atom. The normalized spacial score (nSPS) is 12.0. The highest BCUT2D eigenvalue weighted by atomic mass is 32.2. The van der Waals surface area contributed by atoms with Crippen LogP contribution in [0.4, 0.5) is 5.69 Å². The number of nitrogens with zero attached hydrogens (tertiary/aromatic N) is 1. The summed E-state index contributed by atoms with van der Waals surface area (Å²) < 4.78 is 32.3. The number of methoxy groups -OCH3 is 1. The van der Waals surface area contributed by atoms with Crippen molar-refractivity contribution in [2.24, 2.45) is 0 Å². The van der Waals surface area contributed by atoms with E-state index in [0.29, 0.717) is 22.6 Å². The van der Waals surface area contributed by atoms with Crippen molar-refractivity contribution in [1.29, 1.82) is 0 Å². The second-order valence-corrected chi connectivity index (χ2v) is 10.9. The Morgan fingerprint density at radius 2 is 1.75 bits per heavy atom. The highest BCUT2D eigenvalue weighted by Gasteiger charge is 2.23. The number of aromatic nitrogens is 2. The molecule has 0 saturated heterocycles. The van der Waals surface area contributed by atoms with Crippen LogP contribution in [0.3, 0.4) is 0 Å². The first-order valence-corrected chi connectivity index (χ1v) is 12.7. The first kappa shape index (κ1) is 26.5. The van der Waals surface area contributed by atoms with Gasteiger partial charge in [0.05, 0.1) is 24.6 Å². The van der Waals surface area contributed by atoms with E-state index in [0.717, 1.165) is 11.8 Å². The fraction of sp³-hybridized carbons (Fsp3) is 0.240. The lowest BCUT2D eigenvalue weighted by atomic mass is 9.84. The zero-order valence-electron chi connectivity index (χ0n) is 20.4. The molecule has 3 N–H and O–H groups in total. The molecule has 1 aromatic heterocycles. The number of hydrogen-bond acceptors (Lipinski definition) is 6. The molecule has 0 fully saturated rings. The van der Waals surface area contributed by atoms with Gasteiger partial charge in [0.25, 0.3) is 5.56 Å². The molecule has 0 unspecified atom stereocenters. The zero-order chi connectivity index (χ0) is 26.8. The van der Waals surface area contributed by atoms with Gasteiger partial charge in [-0.2, -0.15) is 0 Å². The largest absolute Gasteiger partial charge is 0.496 e. The summed E-state index contributed by atoms with van der Waals surface area (Å²) in [6, 6.07) is 8.90. The van der Waals surface area contributed by atoms with Gasteiger partial charge < -0.3 is 9.84 Å². The molecule has 0 spiro atoms. The number of aromatic amines is 1. The molecular weight excluding hydrogens is 486 g/mol. The van der Waals surface area contributed by atoms with E-state index in [2.05, 4.69) is 9.71 Å². The first-order valence-electron chi connectivity index (χ1n) is 10.8. The van der Waals surface area contributed by atoms with Gasteiger partial charge in [-0.3, -0.25) is 19.1 Å². The highest BCUT2D eigenvalue weighted by Crippen LogP contribution is 2.37. The molecule has 1 heterocycles. The van der Waals surface area contributed by atoms with Gasteiger partial charge in [0.15, 0.2) is 0 Å². The van der Waals surface area contributed by atoms with Crippen LogP contribution in [0.1, 0.15) is 47.8 Å². The molecular formula is C25H27N3O7S. The summed E-state index contributed by atoms with van der Waals surface area (Å²) in [6.07, 6.45) is 5.57. The maximum absolute atomic E-state index is 12.4. The molecule has 0 bridgehead atoms. The lowest BCUT2D eigenvalue weighted by Crippen LogP contribution is -2.28. The van der Waals surface area contributed by atoms with E-state index in [9.17, 15) is 27.9 Å². The first-order chi connectivity index (χ1) is 16.7. The van der Waals surface area contributed by atoms with Gasteiger partial charge in [-0.25, -0.2) is 18.0 Å². The van der Waals surface area contributed by atoms with Crippen LogP contribution in [0.5, 0.6) is 5.75 Å². The Labute approximate surface area is 207 Å². The fourth-order valence-electron chi connectivity index (χ4n) is 3.65. The van der Waals surface area contributed by atoms with E-state index in [1.807, 2.05) is 20.8 Å². The molecule has 0 aliphatic rings. The van der Waals surface area contributed by atoms with Crippen LogP contribution in [0, 0.1) is 0 Å². The van der Waals surface area contributed by atoms with Crippen LogP contribution < -0.4 is 20.7 Å². The monoisotopic (exact) mass is 513 g/mol. The second kappa shape index (κ2) is 9.86. The van der Waals surface area contributed by atoms with E-state index in [1.165, 1.54) is 42.1 Å². The van der Waals surface area contributed by atoms with Crippen LogP contribution in [0.25, 0.3) is 17.8 Å². The second-order valence-electron chi connectivity index (χ2n) is 9.16. The lowest BCUT2D eigenvalue weighted by molar-refractivity contribution is 0.0696. The molecule has 3 aromatic rings. The van der Waals surface area contributed by atoms with Gasteiger partial charge in [-0.15, -0.1) is 0 Å². The number of benzene rings is 2. The molecule has 10 nitrogen and oxygen atoms in total. The number of H-pyrrole nitrogens is 1. The van der Waals surface area contributed by atoms with Crippen molar-refractivity contribution in [2.75, 3.05) is 18.1 Å². The molecule has 0 saturated carbocycles. The standard InChI is InChI=1S/C25H27N3O7S/c1-25(2,3)20-14-18(28-11-10-21(29)26-24(28)32)12-16(22(20)35-4)7-6-15-8-9-17(27-36(5,33)34)13-19(15)23(30)31/h6-14,27H,1-5H3,(H,30,31)(H,26,29,32)/b7-6+. The predicted octanol–water partition coefficient (Wildman–Crippen LogP) is 3.07. The van der Waals surface area contributed by atoms with Crippen molar-refractivity contribution < 1.29 is 23.1 Å². The number of ether oxygens (including phenoxy) is 1. The Bertz CT molecular complexity index is 1580. The number of aromatic carboxylic acids is 1. The minimum Gasteiger partial charge on any atom is -0.496 e. The third kappa shape index (κ3) is 6.11. The lowest BCUT2D eigenvalue weighted by Gasteiger charge is -2.25. The van der Waals surface area contributed by atoms with Gasteiger partial charge in [-0.1, -0.05) is 39.0 Å². The van der Waals surface area contributed by atoms with Crippen LogP contribution >= 0.6 is 0 Å². The van der Waals surface area contributed by atoms with Gasteiger partial charge in [0.1, 0.15) is 5.75 Å². The fourth-order valence-corrected chi connectivity index (χ4v) is 4.20. The molecule has 2 aromatic carbocycles. The van der Waals surface area contributed by atoms with Crippen LogP contribution in [0.2, 0.25) is 0 Å². The van der Waals surface area contributed by atoms with E-state index < -0.39 is 27.2 Å². The molecule has 0 aliphatic heterocycles. The van der Waals surface area contributed by atoms with Crippen LogP contribution in [0.15, 0.2) is 52.2 Å². The minimum absolute atomic E-state index is 0.108. The summed E-state index contributed by atoms with van der Waals surface area (Å²) in [5, 5.41) is 9.68. The number of sulfonamides is 1. The minimum atomic E-state index is -3.58. The van der Waals surface area contributed by atoms with Gasteiger partial charge >= 0.3 is 11.7 Å².